The minimum Gasteiger partial charge on any atom is -0.497 e. The highest BCUT2D eigenvalue weighted by Gasteiger charge is 2.28. The molecule has 0 spiro atoms. The first kappa shape index (κ1) is 27.7. The molecule has 1 aliphatic carbocycles. The van der Waals surface area contributed by atoms with E-state index in [4.69, 9.17) is 9.47 Å². The molecule has 11 heteroatoms. The van der Waals surface area contributed by atoms with Crippen molar-refractivity contribution in [1.82, 2.24) is 14.8 Å². The zero-order valence-electron chi connectivity index (χ0n) is 22.4. The van der Waals surface area contributed by atoms with Gasteiger partial charge in [0.1, 0.15) is 10.8 Å². The standard InChI is InChI=1S/C29H31N5O4S2/c1-3-38-28(36)26-22-10-7-11-23(22)40-27(26)31-25(35)16-17-39-29-33-32-24(34(29)20-8-5-4-6-9-20)18-30-19-12-14-21(37-2)15-13-19/h4-6,8-9,12-15,30H,3,7,10-11,16-18H2,1-2H3,(H,31,35). The molecule has 2 N–H and O–H groups in total. The lowest BCUT2D eigenvalue weighted by Gasteiger charge is -2.12. The SMILES string of the molecule is CCOC(=O)c1c(NC(=O)CCSc2nnc(CNc3ccc(OC)cc3)n2-c2ccccc2)sc2c1CCC2. The molecular formula is C29H31N5O4S2. The Bertz CT molecular complexity index is 1470. The zero-order chi connectivity index (χ0) is 27.9. The van der Waals surface area contributed by atoms with Gasteiger partial charge in [0.25, 0.3) is 0 Å². The number of methoxy groups -OCH3 is 1. The van der Waals surface area contributed by atoms with Crippen LogP contribution in [-0.4, -0.2) is 46.1 Å². The van der Waals surface area contributed by atoms with Gasteiger partial charge < -0.3 is 20.1 Å². The summed E-state index contributed by atoms with van der Waals surface area (Å²) in [5.74, 6) is 1.54. The average Bonchev–Trinajstić information content (AvgIpc) is 3.67. The first-order valence-electron chi connectivity index (χ1n) is 13.2. The number of rotatable bonds is 12. The number of benzene rings is 2. The fraction of sp³-hybridized carbons (Fsp3) is 0.310. The highest BCUT2D eigenvalue weighted by atomic mass is 32.2. The van der Waals surface area contributed by atoms with Crippen LogP contribution in [0.1, 0.15) is 46.4 Å². The molecule has 0 atom stereocenters. The van der Waals surface area contributed by atoms with E-state index < -0.39 is 0 Å². The third kappa shape index (κ3) is 6.31. The molecule has 0 radical (unpaired) electrons. The maximum atomic E-state index is 12.9. The van der Waals surface area contributed by atoms with Crippen LogP contribution in [0.15, 0.2) is 59.8 Å². The number of hydrogen-bond donors (Lipinski definition) is 2. The lowest BCUT2D eigenvalue weighted by Crippen LogP contribution is -2.15. The number of amides is 1. The van der Waals surface area contributed by atoms with E-state index >= 15 is 0 Å². The molecule has 0 fully saturated rings. The van der Waals surface area contributed by atoms with Crippen molar-refractivity contribution in [2.75, 3.05) is 30.1 Å². The first-order chi connectivity index (χ1) is 19.6. The summed E-state index contributed by atoms with van der Waals surface area (Å²) in [6.45, 7) is 2.55. The highest BCUT2D eigenvalue weighted by molar-refractivity contribution is 7.99. The van der Waals surface area contributed by atoms with E-state index in [1.165, 1.54) is 28.0 Å². The number of carbonyl (C=O) groups is 2. The molecule has 0 saturated carbocycles. The third-order valence-corrected chi connectivity index (χ3v) is 8.61. The highest BCUT2D eigenvalue weighted by Crippen LogP contribution is 2.39. The summed E-state index contributed by atoms with van der Waals surface area (Å²) >= 11 is 2.96. The van der Waals surface area contributed by atoms with Crippen molar-refractivity contribution < 1.29 is 19.1 Å². The number of thioether (sulfide) groups is 1. The predicted octanol–water partition coefficient (Wildman–Crippen LogP) is 5.74. The summed E-state index contributed by atoms with van der Waals surface area (Å²) in [5.41, 5.74) is 3.44. The normalized spacial score (nSPS) is 12.2. The Morgan fingerprint density at radius 3 is 2.62 bits per heavy atom. The van der Waals surface area contributed by atoms with Gasteiger partial charge in [-0.05, 0) is 68.1 Å². The number of hydrogen-bond acceptors (Lipinski definition) is 9. The van der Waals surface area contributed by atoms with Gasteiger partial charge in [-0.25, -0.2) is 4.79 Å². The summed E-state index contributed by atoms with van der Waals surface area (Å²) in [6.07, 6.45) is 3.06. The molecule has 1 aliphatic rings. The van der Waals surface area contributed by atoms with Crippen molar-refractivity contribution in [1.29, 1.82) is 0 Å². The maximum Gasteiger partial charge on any atom is 0.341 e. The van der Waals surface area contributed by atoms with Crippen molar-refractivity contribution in [2.24, 2.45) is 0 Å². The molecule has 4 aromatic rings. The number of anilines is 2. The minimum absolute atomic E-state index is 0.148. The fourth-order valence-electron chi connectivity index (χ4n) is 4.57. The van der Waals surface area contributed by atoms with E-state index in [-0.39, 0.29) is 18.3 Å². The van der Waals surface area contributed by atoms with E-state index in [0.29, 0.717) is 34.6 Å². The van der Waals surface area contributed by atoms with Crippen molar-refractivity contribution in [3.8, 4) is 11.4 Å². The molecule has 0 saturated heterocycles. The Morgan fingerprint density at radius 1 is 1.07 bits per heavy atom. The number of para-hydroxylation sites is 1. The van der Waals surface area contributed by atoms with Gasteiger partial charge >= 0.3 is 5.97 Å². The number of thiophene rings is 1. The molecule has 2 aromatic heterocycles. The number of aromatic nitrogens is 3. The van der Waals surface area contributed by atoms with Crippen LogP contribution in [0.2, 0.25) is 0 Å². The Kier molecular flexibility index (Phi) is 9.02. The lowest BCUT2D eigenvalue weighted by atomic mass is 10.1. The fourth-order valence-corrected chi connectivity index (χ4v) is 6.77. The van der Waals surface area contributed by atoms with Crippen LogP contribution in [0.3, 0.4) is 0 Å². The summed E-state index contributed by atoms with van der Waals surface area (Å²) in [5, 5.41) is 16.5. The molecule has 5 rings (SSSR count). The van der Waals surface area contributed by atoms with Gasteiger partial charge in [0.2, 0.25) is 5.91 Å². The van der Waals surface area contributed by atoms with Gasteiger partial charge in [-0.2, -0.15) is 0 Å². The molecule has 0 aliphatic heterocycles. The first-order valence-corrected chi connectivity index (χ1v) is 15.0. The Balaban J connectivity index is 1.25. The van der Waals surface area contributed by atoms with E-state index in [0.717, 1.165) is 47.8 Å². The second-order valence-electron chi connectivity index (χ2n) is 9.08. The quantitative estimate of drug-likeness (QED) is 0.162. The van der Waals surface area contributed by atoms with Crippen molar-refractivity contribution in [3.63, 3.8) is 0 Å². The molecule has 208 valence electrons. The van der Waals surface area contributed by atoms with E-state index in [1.807, 2.05) is 59.2 Å². The van der Waals surface area contributed by atoms with Crippen LogP contribution < -0.4 is 15.4 Å². The summed E-state index contributed by atoms with van der Waals surface area (Å²) in [4.78, 5) is 26.7. The molecule has 0 unspecified atom stereocenters. The Labute approximate surface area is 241 Å². The average molecular weight is 578 g/mol. The number of fused-ring (bicyclic) bond motifs is 1. The van der Waals surface area contributed by atoms with Gasteiger partial charge in [-0.1, -0.05) is 30.0 Å². The molecule has 0 bridgehead atoms. The zero-order valence-corrected chi connectivity index (χ0v) is 24.1. The number of esters is 1. The molecule has 40 heavy (non-hydrogen) atoms. The smallest absolute Gasteiger partial charge is 0.341 e. The van der Waals surface area contributed by atoms with Crippen LogP contribution in [0.25, 0.3) is 5.69 Å². The molecule has 2 aromatic carbocycles. The summed E-state index contributed by atoms with van der Waals surface area (Å²) < 4.78 is 12.5. The lowest BCUT2D eigenvalue weighted by molar-refractivity contribution is -0.115. The van der Waals surface area contributed by atoms with Crippen molar-refractivity contribution in [2.45, 2.75) is 44.3 Å². The van der Waals surface area contributed by atoms with Crippen LogP contribution in [0.4, 0.5) is 10.7 Å². The maximum absolute atomic E-state index is 12.9. The van der Waals surface area contributed by atoms with E-state index in [9.17, 15) is 9.59 Å². The third-order valence-electron chi connectivity index (χ3n) is 6.47. The van der Waals surface area contributed by atoms with Crippen molar-refractivity contribution >= 4 is 45.7 Å². The minimum atomic E-state index is -0.363. The van der Waals surface area contributed by atoms with Gasteiger partial charge in [-0.15, -0.1) is 21.5 Å². The largest absolute Gasteiger partial charge is 0.497 e. The van der Waals surface area contributed by atoms with Gasteiger partial charge in [0, 0.05) is 28.4 Å². The van der Waals surface area contributed by atoms with Crippen LogP contribution in [-0.2, 0) is 28.9 Å². The number of nitrogens with one attached hydrogen (secondary N) is 2. The molecule has 9 nitrogen and oxygen atoms in total. The second-order valence-corrected chi connectivity index (χ2v) is 11.2. The summed E-state index contributed by atoms with van der Waals surface area (Å²) in [7, 11) is 1.64. The van der Waals surface area contributed by atoms with Crippen LogP contribution in [0, 0.1) is 0 Å². The predicted molar refractivity (Wildman–Crippen MR) is 158 cm³/mol. The molecule has 2 heterocycles. The Morgan fingerprint density at radius 2 is 1.88 bits per heavy atom. The van der Waals surface area contributed by atoms with Gasteiger partial charge in [0.15, 0.2) is 11.0 Å². The molecular weight excluding hydrogens is 546 g/mol. The van der Waals surface area contributed by atoms with Crippen LogP contribution in [0.5, 0.6) is 5.75 Å². The molecule has 1 amide bonds. The van der Waals surface area contributed by atoms with E-state index in [2.05, 4.69) is 20.8 Å². The van der Waals surface area contributed by atoms with Gasteiger partial charge in [-0.3, -0.25) is 9.36 Å². The Hall–Kier alpha value is -3.83. The number of carbonyl (C=O) groups excluding carboxylic acids is 2. The van der Waals surface area contributed by atoms with Crippen molar-refractivity contribution in [3.05, 3.63) is 76.4 Å². The van der Waals surface area contributed by atoms with Crippen LogP contribution >= 0.6 is 23.1 Å². The second kappa shape index (κ2) is 13.0. The number of nitrogens with zero attached hydrogens (tertiary/aromatic N) is 3. The van der Waals surface area contributed by atoms with Gasteiger partial charge in [0.05, 0.1) is 25.8 Å². The van der Waals surface area contributed by atoms with E-state index in [1.54, 1.807) is 14.0 Å². The monoisotopic (exact) mass is 577 g/mol. The summed E-state index contributed by atoms with van der Waals surface area (Å²) in [6, 6.07) is 17.6. The number of ether oxygens (including phenoxy) is 2. The number of aryl methyl sites for hydroxylation is 1. The topological polar surface area (TPSA) is 107 Å².